The molecule has 1 heterocycles. The van der Waals surface area contributed by atoms with Gasteiger partial charge in [0.2, 0.25) is 5.82 Å². The van der Waals surface area contributed by atoms with Gasteiger partial charge in [0.15, 0.2) is 0 Å². The summed E-state index contributed by atoms with van der Waals surface area (Å²) in [6.07, 6.45) is -3.24. The molecular weight excluding hydrogens is 263 g/mol. The van der Waals surface area contributed by atoms with Crippen LogP contribution < -0.4 is 0 Å². The Bertz CT molecular complexity index is 593. The lowest BCUT2D eigenvalue weighted by Gasteiger charge is -1.97. The van der Waals surface area contributed by atoms with E-state index in [1.54, 1.807) is 24.3 Å². The molecule has 8 heteroatoms. The second-order valence-corrected chi connectivity index (χ2v) is 3.46. The number of alkyl halides is 3. The fourth-order valence-corrected chi connectivity index (χ4v) is 1.33. The van der Waals surface area contributed by atoms with Gasteiger partial charge in [0, 0.05) is 5.56 Å². The van der Waals surface area contributed by atoms with Crippen molar-refractivity contribution in [2.45, 2.75) is 6.18 Å². The predicted molar refractivity (Wildman–Crippen MR) is 59.3 cm³/mol. The maximum atomic E-state index is 12.3. The first kappa shape index (κ1) is 13.1. The zero-order valence-electron chi connectivity index (χ0n) is 9.68. The third-order valence-corrected chi connectivity index (χ3v) is 2.12. The first-order chi connectivity index (χ1) is 9.00. The van der Waals surface area contributed by atoms with Gasteiger partial charge in [0.25, 0.3) is 0 Å². The van der Waals surface area contributed by atoms with E-state index in [-0.39, 0.29) is 5.82 Å². The van der Waals surface area contributed by atoms with Crippen LogP contribution >= 0.6 is 0 Å². The normalized spacial score (nSPS) is 12.0. The lowest BCUT2D eigenvalue weighted by Crippen LogP contribution is -2.04. The third kappa shape index (κ3) is 3.09. The summed E-state index contributed by atoms with van der Waals surface area (Å²) in [4.78, 5) is 7.81. The molecule has 19 heavy (non-hydrogen) atoms. The molecule has 0 amide bonds. The van der Waals surface area contributed by atoms with E-state index in [1.807, 2.05) is 0 Å². The smallest absolute Gasteiger partial charge is 0.399 e. The van der Waals surface area contributed by atoms with Crippen LogP contribution in [-0.2, 0) is 11.0 Å². The lowest BCUT2D eigenvalue weighted by atomic mass is 10.1. The number of halogens is 3. The van der Waals surface area contributed by atoms with Crippen molar-refractivity contribution in [3.63, 3.8) is 0 Å². The highest BCUT2D eigenvalue weighted by Crippen LogP contribution is 2.29. The summed E-state index contributed by atoms with van der Waals surface area (Å²) >= 11 is 0. The van der Waals surface area contributed by atoms with Crippen molar-refractivity contribution in [2.24, 2.45) is 5.16 Å². The van der Waals surface area contributed by atoms with Gasteiger partial charge in [-0.1, -0.05) is 28.5 Å². The third-order valence-electron chi connectivity index (χ3n) is 2.12. The highest BCUT2D eigenvalue weighted by molar-refractivity contribution is 5.81. The summed E-state index contributed by atoms with van der Waals surface area (Å²) < 4.78 is 41.1. The Morgan fingerprint density at radius 1 is 1.37 bits per heavy atom. The summed E-state index contributed by atoms with van der Waals surface area (Å²) in [5.41, 5.74) is 1.03. The molecule has 0 aliphatic rings. The highest BCUT2D eigenvalue weighted by atomic mass is 19.4. The Morgan fingerprint density at radius 2 is 2.16 bits per heavy atom. The van der Waals surface area contributed by atoms with E-state index >= 15 is 0 Å². The van der Waals surface area contributed by atoms with Crippen LogP contribution in [0.3, 0.4) is 0 Å². The number of hydrogen-bond donors (Lipinski definition) is 0. The second kappa shape index (κ2) is 5.09. The minimum atomic E-state index is -4.65. The topological polar surface area (TPSA) is 60.5 Å². The van der Waals surface area contributed by atoms with Crippen molar-refractivity contribution in [1.82, 2.24) is 10.1 Å². The zero-order valence-corrected chi connectivity index (χ0v) is 9.68. The molecule has 100 valence electrons. The molecule has 1 aromatic heterocycles. The molecule has 0 radical (unpaired) electrons. The fourth-order valence-electron chi connectivity index (χ4n) is 1.33. The van der Waals surface area contributed by atoms with Crippen LogP contribution in [0.2, 0.25) is 0 Å². The number of rotatable bonds is 3. The Hall–Kier alpha value is -2.38. The second-order valence-electron chi connectivity index (χ2n) is 3.46. The zero-order chi connectivity index (χ0) is 13.9. The minimum Gasteiger partial charge on any atom is -0.399 e. The summed E-state index contributed by atoms with van der Waals surface area (Å²) in [6, 6.07) is 6.47. The van der Waals surface area contributed by atoms with Crippen molar-refractivity contribution in [3.05, 3.63) is 35.7 Å². The molecule has 0 N–H and O–H groups in total. The maximum Gasteiger partial charge on any atom is 0.471 e. The molecule has 0 bridgehead atoms. The predicted octanol–water partition coefficient (Wildman–Crippen LogP) is 2.74. The van der Waals surface area contributed by atoms with Crippen LogP contribution in [0.5, 0.6) is 0 Å². The van der Waals surface area contributed by atoms with Crippen LogP contribution in [0.1, 0.15) is 11.5 Å². The van der Waals surface area contributed by atoms with Crippen LogP contribution in [-0.4, -0.2) is 23.5 Å². The summed E-state index contributed by atoms with van der Waals surface area (Å²) in [6.45, 7) is 0. The van der Waals surface area contributed by atoms with Gasteiger partial charge in [0.1, 0.15) is 7.11 Å². The van der Waals surface area contributed by atoms with Gasteiger partial charge in [-0.3, -0.25) is 0 Å². The van der Waals surface area contributed by atoms with Gasteiger partial charge in [-0.15, -0.1) is 0 Å². The molecule has 2 rings (SSSR count). The van der Waals surface area contributed by atoms with Crippen molar-refractivity contribution >= 4 is 6.21 Å². The largest absolute Gasteiger partial charge is 0.471 e. The molecule has 0 fully saturated rings. The van der Waals surface area contributed by atoms with Gasteiger partial charge in [-0.25, -0.2) is 0 Å². The average Bonchev–Trinajstić information content (AvgIpc) is 2.86. The van der Waals surface area contributed by atoms with E-state index in [9.17, 15) is 13.2 Å². The van der Waals surface area contributed by atoms with Crippen LogP contribution in [0.4, 0.5) is 13.2 Å². The molecule has 0 saturated heterocycles. The molecule has 5 nitrogen and oxygen atoms in total. The molecule has 0 unspecified atom stereocenters. The van der Waals surface area contributed by atoms with E-state index in [2.05, 4.69) is 24.7 Å². The van der Waals surface area contributed by atoms with Crippen LogP contribution in [0, 0.1) is 0 Å². The Labute approximate surface area is 105 Å². The monoisotopic (exact) mass is 271 g/mol. The molecule has 1 aromatic carbocycles. The first-order valence-corrected chi connectivity index (χ1v) is 5.08. The Kier molecular flexibility index (Phi) is 3.50. The van der Waals surface area contributed by atoms with E-state index in [1.165, 1.54) is 13.3 Å². The van der Waals surface area contributed by atoms with Crippen molar-refractivity contribution in [1.29, 1.82) is 0 Å². The van der Waals surface area contributed by atoms with E-state index in [4.69, 9.17) is 0 Å². The number of nitrogens with zero attached hydrogens (tertiary/aromatic N) is 3. The SMILES string of the molecule is CO/N=C/c1cccc(-c2noc(C(F)(F)F)n2)c1. The molecule has 0 spiro atoms. The van der Waals surface area contributed by atoms with E-state index in [0.29, 0.717) is 11.1 Å². The molecule has 2 aromatic rings. The minimum absolute atomic E-state index is 0.139. The fraction of sp³-hybridized carbons (Fsp3) is 0.182. The maximum absolute atomic E-state index is 12.3. The average molecular weight is 271 g/mol. The summed E-state index contributed by atoms with van der Waals surface area (Å²) in [5.74, 6) is -1.52. The van der Waals surface area contributed by atoms with E-state index < -0.39 is 12.1 Å². The van der Waals surface area contributed by atoms with Gasteiger partial charge in [-0.05, 0) is 11.6 Å². The molecule has 0 aliphatic heterocycles. The molecule has 0 aliphatic carbocycles. The molecule has 0 atom stereocenters. The summed E-state index contributed by atoms with van der Waals surface area (Å²) in [5, 5.41) is 6.84. The number of oxime groups is 1. The van der Waals surface area contributed by atoms with Crippen molar-refractivity contribution < 1.29 is 22.5 Å². The summed E-state index contributed by atoms with van der Waals surface area (Å²) in [7, 11) is 1.38. The quantitative estimate of drug-likeness (QED) is 0.636. The number of aromatic nitrogens is 2. The van der Waals surface area contributed by atoms with Crippen molar-refractivity contribution in [3.8, 4) is 11.4 Å². The first-order valence-electron chi connectivity index (χ1n) is 5.08. The number of hydrogen-bond acceptors (Lipinski definition) is 5. The Balaban J connectivity index is 2.32. The van der Waals surface area contributed by atoms with Crippen molar-refractivity contribution in [2.75, 3.05) is 7.11 Å². The molecular formula is C11H8F3N3O2. The van der Waals surface area contributed by atoms with E-state index in [0.717, 1.165) is 0 Å². The molecule has 0 saturated carbocycles. The van der Waals surface area contributed by atoms with Gasteiger partial charge >= 0.3 is 12.1 Å². The van der Waals surface area contributed by atoms with Crippen LogP contribution in [0.15, 0.2) is 33.9 Å². The van der Waals surface area contributed by atoms with Gasteiger partial charge < -0.3 is 9.36 Å². The Morgan fingerprint density at radius 3 is 2.79 bits per heavy atom. The number of benzene rings is 1. The highest BCUT2D eigenvalue weighted by Gasteiger charge is 2.38. The van der Waals surface area contributed by atoms with Gasteiger partial charge in [0.05, 0.1) is 6.21 Å². The lowest BCUT2D eigenvalue weighted by molar-refractivity contribution is -0.159. The van der Waals surface area contributed by atoms with Crippen LogP contribution in [0.25, 0.3) is 11.4 Å². The standard InChI is InChI=1S/C11H8F3N3O2/c1-18-15-6-7-3-2-4-8(5-7)9-16-10(19-17-9)11(12,13)14/h2-6H,1H3/b15-6+. The van der Waals surface area contributed by atoms with Gasteiger partial charge in [-0.2, -0.15) is 18.2 Å².